The molecule has 1 aromatic heterocycles. The Labute approximate surface area is 183 Å². The quantitative estimate of drug-likeness (QED) is 0.430. The van der Waals surface area contributed by atoms with Gasteiger partial charge >= 0.3 is 6.61 Å². The summed E-state index contributed by atoms with van der Waals surface area (Å²) in [7, 11) is 0. The minimum atomic E-state index is -2.96. The Hall–Kier alpha value is -3.26. The average molecular weight is 448 g/mol. The highest BCUT2D eigenvalue weighted by molar-refractivity contribution is 6.33. The Morgan fingerprint density at radius 2 is 1.87 bits per heavy atom. The van der Waals surface area contributed by atoms with Crippen molar-refractivity contribution < 1.29 is 22.7 Å². The number of halogens is 3. The molecule has 0 saturated carbocycles. The van der Waals surface area contributed by atoms with Gasteiger partial charge in [-0.1, -0.05) is 41.9 Å². The van der Waals surface area contributed by atoms with Crippen molar-refractivity contribution in [1.82, 2.24) is 15.1 Å². The molecule has 0 fully saturated rings. The first-order chi connectivity index (χ1) is 14.8. The predicted octanol–water partition coefficient (Wildman–Crippen LogP) is 5.44. The fraction of sp³-hybridized carbons (Fsp3) is 0.227. The summed E-state index contributed by atoms with van der Waals surface area (Å²) in [6.45, 7) is 0.797. The summed E-state index contributed by atoms with van der Waals surface area (Å²) in [6, 6.07) is 13.1. The van der Waals surface area contributed by atoms with Crippen LogP contribution < -0.4 is 4.74 Å². The molecule has 0 unspecified atom stereocenters. The van der Waals surface area contributed by atoms with Crippen LogP contribution in [0, 0.1) is 0 Å². The van der Waals surface area contributed by atoms with Crippen LogP contribution in [-0.4, -0.2) is 33.7 Å². The van der Waals surface area contributed by atoms with Crippen LogP contribution in [0.1, 0.15) is 25.3 Å². The van der Waals surface area contributed by atoms with E-state index in [0.717, 1.165) is 0 Å². The zero-order chi connectivity index (χ0) is 22.4. The van der Waals surface area contributed by atoms with Crippen LogP contribution in [0.2, 0.25) is 5.02 Å². The van der Waals surface area contributed by atoms with E-state index < -0.39 is 6.61 Å². The molecule has 31 heavy (non-hydrogen) atoms. The lowest BCUT2D eigenvalue weighted by atomic mass is 10.2. The van der Waals surface area contributed by atoms with E-state index in [1.165, 1.54) is 23.1 Å². The monoisotopic (exact) mass is 447 g/mol. The van der Waals surface area contributed by atoms with Gasteiger partial charge in [0.05, 0.1) is 17.1 Å². The molecule has 1 amide bonds. The maximum Gasteiger partial charge on any atom is 0.387 e. The van der Waals surface area contributed by atoms with Crippen LogP contribution >= 0.6 is 11.6 Å². The molecule has 0 spiro atoms. The molecule has 6 nitrogen and oxygen atoms in total. The normalized spacial score (nSPS) is 11.5. The largest absolute Gasteiger partial charge is 0.434 e. The fourth-order valence-electron chi connectivity index (χ4n) is 2.80. The maximum atomic E-state index is 12.8. The number of hydrogen-bond donors (Lipinski definition) is 0. The van der Waals surface area contributed by atoms with E-state index in [4.69, 9.17) is 16.0 Å². The standard InChI is InChI=1S/C22H20ClF2N3O3/c1-14(2)28(13-19-26-27-21(31-19)16-8-4-5-9-17(16)23)20(29)12-11-15-7-3-6-10-18(15)30-22(24)25/h3-12,14,22H,13H2,1-2H3/b12-11+. The highest BCUT2D eigenvalue weighted by Crippen LogP contribution is 2.27. The van der Waals surface area contributed by atoms with Gasteiger partial charge < -0.3 is 14.1 Å². The molecule has 2 aromatic carbocycles. The highest BCUT2D eigenvalue weighted by Gasteiger charge is 2.20. The van der Waals surface area contributed by atoms with Crippen molar-refractivity contribution in [1.29, 1.82) is 0 Å². The summed E-state index contributed by atoms with van der Waals surface area (Å²) < 4.78 is 35.3. The second-order valence-corrected chi connectivity index (χ2v) is 7.20. The molecule has 0 aliphatic rings. The number of amides is 1. The smallest absolute Gasteiger partial charge is 0.387 e. The molecule has 162 valence electrons. The van der Waals surface area contributed by atoms with Crippen molar-refractivity contribution >= 4 is 23.6 Å². The van der Waals surface area contributed by atoms with Crippen molar-refractivity contribution in [2.24, 2.45) is 0 Å². The van der Waals surface area contributed by atoms with E-state index in [1.807, 2.05) is 13.8 Å². The van der Waals surface area contributed by atoms with E-state index in [1.54, 1.807) is 42.5 Å². The zero-order valence-corrected chi connectivity index (χ0v) is 17.6. The van der Waals surface area contributed by atoms with Gasteiger partial charge in [0, 0.05) is 17.7 Å². The topological polar surface area (TPSA) is 68.5 Å². The van der Waals surface area contributed by atoms with Gasteiger partial charge in [-0.25, -0.2) is 0 Å². The lowest BCUT2D eigenvalue weighted by Gasteiger charge is -2.23. The third kappa shape index (κ3) is 5.88. The summed E-state index contributed by atoms with van der Waals surface area (Å²) in [5.41, 5.74) is 0.958. The first kappa shape index (κ1) is 22.4. The van der Waals surface area contributed by atoms with Crippen molar-refractivity contribution in [3.05, 3.63) is 71.1 Å². The molecular formula is C22H20ClF2N3O3. The van der Waals surface area contributed by atoms with Crippen molar-refractivity contribution in [2.75, 3.05) is 0 Å². The third-order valence-electron chi connectivity index (χ3n) is 4.32. The summed E-state index contributed by atoms with van der Waals surface area (Å²) in [4.78, 5) is 14.3. The second kappa shape index (κ2) is 10.2. The number of carbonyl (C=O) groups excluding carboxylic acids is 1. The highest BCUT2D eigenvalue weighted by atomic mass is 35.5. The van der Waals surface area contributed by atoms with Crippen LogP contribution in [0.5, 0.6) is 5.75 Å². The van der Waals surface area contributed by atoms with E-state index >= 15 is 0 Å². The van der Waals surface area contributed by atoms with Gasteiger partial charge in [-0.3, -0.25) is 4.79 Å². The number of rotatable bonds is 8. The Kier molecular flexibility index (Phi) is 7.36. The number of nitrogens with zero attached hydrogens (tertiary/aromatic N) is 3. The summed E-state index contributed by atoms with van der Waals surface area (Å²) >= 11 is 6.16. The Balaban J connectivity index is 1.75. The van der Waals surface area contributed by atoms with Crippen molar-refractivity contribution in [3.63, 3.8) is 0 Å². The Morgan fingerprint density at radius 3 is 2.58 bits per heavy atom. The predicted molar refractivity (Wildman–Crippen MR) is 113 cm³/mol. The molecule has 0 radical (unpaired) electrons. The third-order valence-corrected chi connectivity index (χ3v) is 4.65. The molecule has 0 saturated heterocycles. The number of ether oxygens (including phenoxy) is 1. The van der Waals surface area contributed by atoms with Crippen molar-refractivity contribution in [3.8, 4) is 17.2 Å². The lowest BCUT2D eigenvalue weighted by Crippen LogP contribution is -2.35. The van der Waals surface area contributed by atoms with Gasteiger partial charge in [-0.15, -0.1) is 10.2 Å². The minimum Gasteiger partial charge on any atom is -0.434 e. The number of hydrogen-bond acceptors (Lipinski definition) is 5. The van der Waals surface area contributed by atoms with E-state index in [2.05, 4.69) is 14.9 Å². The first-order valence-electron chi connectivity index (χ1n) is 9.45. The SMILES string of the molecule is CC(C)N(Cc1nnc(-c2ccccc2Cl)o1)C(=O)/C=C/c1ccccc1OC(F)F. The van der Waals surface area contributed by atoms with E-state index in [0.29, 0.717) is 16.1 Å². The summed E-state index contributed by atoms with van der Waals surface area (Å²) in [5.74, 6) is 0.135. The number of benzene rings is 2. The number of alkyl halides is 2. The summed E-state index contributed by atoms with van der Waals surface area (Å²) in [5, 5.41) is 8.49. The minimum absolute atomic E-state index is 0.0149. The fourth-order valence-corrected chi connectivity index (χ4v) is 3.02. The molecule has 9 heteroatoms. The lowest BCUT2D eigenvalue weighted by molar-refractivity contribution is -0.128. The molecule has 0 bridgehead atoms. The van der Waals surface area contributed by atoms with Gasteiger partial charge in [-0.05, 0) is 38.1 Å². The molecular weight excluding hydrogens is 428 g/mol. The van der Waals surface area contributed by atoms with Gasteiger partial charge in [0.2, 0.25) is 17.7 Å². The average Bonchev–Trinajstić information content (AvgIpc) is 3.19. The number of para-hydroxylation sites is 1. The second-order valence-electron chi connectivity index (χ2n) is 6.79. The van der Waals surface area contributed by atoms with Gasteiger partial charge in [0.1, 0.15) is 5.75 Å². The number of aromatic nitrogens is 2. The van der Waals surface area contributed by atoms with E-state index in [-0.39, 0.29) is 36.0 Å². The molecule has 0 atom stereocenters. The molecule has 0 N–H and O–H groups in total. The Morgan fingerprint density at radius 1 is 1.16 bits per heavy atom. The van der Waals surface area contributed by atoms with Crippen LogP contribution in [-0.2, 0) is 11.3 Å². The molecule has 0 aliphatic carbocycles. The molecule has 1 heterocycles. The van der Waals surface area contributed by atoms with Gasteiger partial charge in [-0.2, -0.15) is 8.78 Å². The van der Waals surface area contributed by atoms with Crippen molar-refractivity contribution in [2.45, 2.75) is 33.0 Å². The number of carbonyl (C=O) groups is 1. The maximum absolute atomic E-state index is 12.8. The molecule has 0 aliphatic heterocycles. The van der Waals surface area contributed by atoms with Crippen LogP contribution in [0.4, 0.5) is 8.78 Å². The van der Waals surface area contributed by atoms with Crippen LogP contribution in [0.15, 0.2) is 59.0 Å². The van der Waals surface area contributed by atoms with Gasteiger partial charge in [0.15, 0.2) is 0 Å². The summed E-state index contributed by atoms with van der Waals surface area (Å²) in [6.07, 6.45) is 2.72. The Bertz CT molecular complexity index is 1070. The molecule has 3 rings (SSSR count). The van der Waals surface area contributed by atoms with E-state index in [9.17, 15) is 13.6 Å². The van der Waals surface area contributed by atoms with Gasteiger partial charge in [0.25, 0.3) is 0 Å². The first-order valence-corrected chi connectivity index (χ1v) is 9.82. The van der Waals surface area contributed by atoms with Crippen LogP contribution in [0.25, 0.3) is 17.5 Å². The molecule has 3 aromatic rings. The van der Waals surface area contributed by atoms with Crippen LogP contribution in [0.3, 0.4) is 0 Å². The zero-order valence-electron chi connectivity index (χ0n) is 16.8.